The van der Waals surface area contributed by atoms with Gasteiger partial charge in [-0.05, 0) is 37.2 Å². The van der Waals surface area contributed by atoms with Crippen LogP contribution in [-0.4, -0.2) is 59.6 Å². The number of carbonyl (C=O) groups is 4. The van der Waals surface area contributed by atoms with Gasteiger partial charge >= 0.3 is 6.03 Å². The molecule has 4 aliphatic heterocycles. The molecule has 6 rings (SSSR count). The van der Waals surface area contributed by atoms with Crippen molar-refractivity contribution in [1.29, 1.82) is 0 Å². The van der Waals surface area contributed by atoms with Gasteiger partial charge in [0.2, 0.25) is 17.4 Å². The summed E-state index contributed by atoms with van der Waals surface area (Å²) < 4.78 is 27.4. The van der Waals surface area contributed by atoms with Crippen molar-refractivity contribution in [3.05, 3.63) is 28.9 Å². The standard InChI is InChI=1S/C22H20FN5O6S/c1-8-6-27-14-11(5-22(16(27)10(3)33-8)18(29)24-20(31)25-19(22)30)4-12-15(13(14)23)34-26-17(12)28-7-9(2)35-21(28)32/h4,8,10,16H,2,5-7H2,1,3H3,(H2,24,25,29,30,31)/t8-,10+,16?/m1/s1. The van der Waals surface area contributed by atoms with Crippen LogP contribution in [0, 0.1) is 11.2 Å². The number of barbiturate groups is 1. The van der Waals surface area contributed by atoms with Crippen LogP contribution in [-0.2, 0) is 20.7 Å². The van der Waals surface area contributed by atoms with E-state index in [-0.39, 0.29) is 53.3 Å². The number of amides is 5. The van der Waals surface area contributed by atoms with Crippen molar-refractivity contribution in [1.82, 2.24) is 15.8 Å². The Bertz CT molecular complexity index is 1350. The first-order valence-electron chi connectivity index (χ1n) is 11.0. The van der Waals surface area contributed by atoms with Gasteiger partial charge in [-0.25, -0.2) is 9.18 Å². The summed E-state index contributed by atoms with van der Waals surface area (Å²) in [6.45, 7) is 7.72. The highest BCUT2D eigenvalue weighted by Gasteiger charge is 2.63. The van der Waals surface area contributed by atoms with E-state index in [1.54, 1.807) is 17.9 Å². The number of hydrogen-bond acceptors (Lipinski definition) is 9. The fourth-order valence-corrected chi connectivity index (χ4v) is 6.45. The van der Waals surface area contributed by atoms with E-state index < -0.39 is 41.2 Å². The number of benzene rings is 1. The Morgan fingerprint density at radius 3 is 2.60 bits per heavy atom. The van der Waals surface area contributed by atoms with Crippen molar-refractivity contribution in [2.45, 2.75) is 38.5 Å². The summed E-state index contributed by atoms with van der Waals surface area (Å²) in [7, 11) is 0. The number of ether oxygens (including phenoxy) is 1. The first-order chi connectivity index (χ1) is 16.6. The summed E-state index contributed by atoms with van der Waals surface area (Å²) >= 11 is 0.959. The summed E-state index contributed by atoms with van der Waals surface area (Å²) in [6, 6.07) is -0.194. The van der Waals surface area contributed by atoms with Gasteiger partial charge in [0, 0.05) is 17.9 Å². The van der Waals surface area contributed by atoms with E-state index in [0.717, 1.165) is 11.8 Å². The quantitative estimate of drug-likeness (QED) is 0.563. The number of thioether (sulfide) groups is 1. The average Bonchev–Trinajstić information content (AvgIpc) is 3.33. The van der Waals surface area contributed by atoms with Crippen LogP contribution in [0.25, 0.3) is 11.0 Å². The molecule has 1 aromatic carbocycles. The molecule has 13 heteroatoms. The van der Waals surface area contributed by atoms with Crippen LogP contribution >= 0.6 is 11.8 Å². The van der Waals surface area contributed by atoms with E-state index in [9.17, 15) is 19.2 Å². The van der Waals surface area contributed by atoms with Gasteiger partial charge in [0.1, 0.15) is 0 Å². The number of urea groups is 1. The maximum Gasteiger partial charge on any atom is 0.328 e. The van der Waals surface area contributed by atoms with Crippen LogP contribution in [0.4, 0.5) is 25.5 Å². The lowest BCUT2D eigenvalue weighted by Gasteiger charge is -2.55. The van der Waals surface area contributed by atoms with Crippen LogP contribution in [0.3, 0.4) is 0 Å². The highest BCUT2D eigenvalue weighted by atomic mass is 32.2. The second-order valence-corrected chi connectivity index (χ2v) is 10.3. The number of rotatable bonds is 1. The molecule has 2 N–H and O–H groups in total. The van der Waals surface area contributed by atoms with Crippen LogP contribution in [0.5, 0.6) is 0 Å². The van der Waals surface area contributed by atoms with Crippen LogP contribution in [0.2, 0.25) is 0 Å². The molecule has 1 unspecified atom stereocenters. The third-order valence-electron chi connectivity index (χ3n) is 6.99. The highest BCUT2D eigenvalue weighted by Crippen LogP contribution is 2.50. The smallest absolute Gasteiger partial charge is 0.328 e. The maximum absolute atomic E-state index is 16.1. The average molecular weight is 501 g/mol. The summed E-state index contributed by atoms with van der Waals surface area (Å²) in [5.41, 5.74) is -1.34. The van der Waals surface area contributed by atoms with Crippen LogP contribution < -0.4 is 20.4 Å². The summed E-state index contributed by atoms with van der Waals surface area (Å²) in [5.74, 6) is -2.12. The van der Waals surface area contributed by atoms with Gasteiger partial charge in [0.15, 0.2) is 17.1 Å². The molecular weight excluding hydrogens is 481 g/mol. The number of aromatic nitrogens is 1. The number of hydrogen-bond donors (Lipinski definition) is 2. The number of nitrogens with zero attached hydrogens (tertiary/aromatic N) is 3. The SMILES string of the molecule is C=C1CN(c2noc3c(F)c4c(cc23)CC2(C(=O)NC(=O)NC2=O)C2[C@H](C)O[C@H](C)CN42)C(=O)S1. The molecule has 3 atom stereocenters. The first-order valence-corrected chi connectivity index (χ1v) is 11.8. The minimum Gasteiger partial charge on any atom is -0.372 e. The Balaban J connectivity index is 1.58. The van der Waals surface area contributed by atoms with Gasteiger partial charge in [0.05, 0.1) is 35.9 Å². The van der Waals surface area contributed by atoms with Crippen molar-refractivity contribution >= 4 is 57.3 Å². The van der Waals surface area contributed by atoms with Crippen LogP contribution in [0.15, 0.2) is 22.1 Å². The van der Waals surface area contributed by atoms with Gasteiger partial charge in [-0.2, -0.15) is 0 Å². The molecule has 1 spiro atoms. The van der Waals surface area contributed by atoms with E-state index >= 15 is 4.39 Å². The number of morpholine rings is 1. The largest absolute Gasteiger partial charge is 0.372 e. The molecule has 2 aromatic rings. The number of halogens is 1. The second-order valence-electron chi connectivity index (χ2n) is 9.21. The lowest BCUT2D eigenvalue weighted by molar-refractivity contribution is -0.153. The molecule has 0 bridgehead atoms. The normalized spacial score (nSPS) is 27.9. The third kappa shape index (κ3) is 2.91. The molecule has 5 heterocycles. The van der Waals surface area contributed by atoms with Crippen LogP contribution in [0.1, 0.15) is 19.4 Å². The van der Waals surface area contributed by atoms with E-state index in [2.05, 4.69) is 22.4 Å². The molecular formula is C22H20FN5O6S. The van der Waals surface area contributed by atoms with Gasteiger partial charge < -0.3 is 14.2 Å². The molecule has 5 amide bonds. The lowest BCUT2D eigenvalue weighted by Crippen LogP contribution is -2.75. The first kappa shape index (κ1) is 22.0. The van der Waals surface area contributed by atoms with E-state index in [0.29, 0.717) is 10.5 Å². The number of anilines is 2. The third-order valence-corrected chi connectivity index (χ3v) is 7.80. The molecule has 11 nitrogen and oxygen atoms in total. The summed E-state index contributed by atoms with van der Waals surface area (Å²) in [6.07, 6.45) is -1.16. The predicted molar refractivity (Wildman–Crippen MR) is 122 cm³/mol. The minimum atomic E-state index is -1.74. The van der Waals surface area contributed by atoms with Gasteiger partial charge in [-0.3, -0.25) is 29.9 Å². The Labute approximate surface area is 202 Å². The van der Waals surface area contributed by atoms with Crippen molar-refractivity contribution in [2.24, 2.45) is 5.41 Å². The molecule has 3 saturated heterocycles. The number of carbonyl (C=O) groups excluding carboxylic acids is 4. The fourth-order valence-electron chi connectivity index (χ4n) is 5.74. The van der Waals surface area contributed by atoms with Gasteiger partial charge in [0.25, 0.3) is 5.24 Å². The summed E-state index contributed by atoms with van der Waals surface area (Å²) in [5, 5.41) is 8.27. The monoisotopic (exact) mass is 501 g/mol. The molecule has 0 radical (unpaired) electrons. The molecule has 35 heavy (non-hydrogen) atoms. The number of nitrogens with one attached hydrogen (secondary N) is 2. The van der Waals surface area contributed by atoms with E-state index in [1.165, 1.54) is 4.90 Å². The molecule has 0 aliphatic carbocycles. The molecule has 4 aliphatic rings. The molecule has 1 aromatic heterocycles. The zero-order valence-corrected chi connectivity index (χ0v) is 19.5. The van der Waals surface area contributed by atoms with E-state index in [4.69, 9.17) is 9.26 Å². The zero-order chi connectivity index (χ0) is 24.8. The minimum absolute atomic E-state index is 0.130. The molecule has 182 valence electrons. The summed E-state index contributed by atoms with van der Waals surface area (Å²) in [4.78, 5) is 54.4. The fraction of sp³-hybridized carbons (Fsp3) is 0.409. The number of imide groups is 2. The molecule has 0 saturated carbocycles. The molecule has 3 fully saturated rings. The van der Waals surface area contributed by atoms with Crippen molar-refractivity contribution in [3.63, 3.8) is 0 Å². The predicted octanol–water partition coefficient (Wildman–Crippen LogP) is 2.04. The lowest BCUT2D eigenvalue weighted by atomic mass is 9.66. The van der Waals surface area contributed by atoms with E-state index in [1.807, 2.05) is 6.92 Å². The van der Waals surface area contributed by atoms with Crippen molar-refractivity contribution in [2.75, 3.05) is 22.9 Å². The zero-order valence-electron chi connectivity index (χ0n) is 18.7. The Morgan fingerprint density at radius 2 is 1.94 bits per heavy atom. The Hall–Kier alpha value is -3.45. The van der Waals surface area contributed by atoms with Gasteiger partial charge in [-0.1, -0.05) is 11.7 Å². The Kier molecular flexibility index (Phi) is 4.58. The number of fused-ring (bicyclic) bond motifs is 5. The Morgan fingerprint density at radius 1 is 1.23 bits per heavy atom. The van der Waals surface area contributed by atoms with Crippen molar-refractivity contribution < 1.29 is 32.8 Å². The van der Waals surface area contributed by atoms with Gasteiger partial charge in [-0.15, -0.1) is 0 Å². The topological polar surface area (TPSA) is 134 Å². The second kappa shape index (κ2) is 7.28. The maximum atomic E-state index is 16.1. The highest BCUT2D eigenvalue weighted by molar-refractivity contribution is 8.17. The van der Waals surface area contributed by atoms with Crippen molar-refractivity contribution in [3.8, 4) is 0 Å².